The van der Waals surface area contributed by atoms with Crippen LogP contribution in [0.1, 0.15) is 23.0 Å². The number of hydrogen-bond acceptors (Lipinski definition) is 9. The van der Waals surface area contributed by atoms with Crippen LogP contribution in [0.25, 0.3) is 5.82 Å². The van der Waals surface area contributed by atoms with Gasteiger partial charge in [0.05, 0.1) is 16.2 Å². The fourth-order valence-corrected chi connectivity index (χ4v) is 3.65. The minimum Gasteiger partial charge on any atom is -0.362 e. The smallest absolute Gasteiger partial charge is 0.294 e. The molecule has 1 fully saturated rings. The Morgan fingerprint density at radius 3 is 2.61 bits per heavy atom. The number of carbonyl (C=O) groups is 2. The molecule has 2 aromatic heterocycles. The number of anilines is 3. The third-order valence-electron chi connectivity index (χ3n) is 5.43. The topological polar surface area (TPSA) is 139 Å². The van der Waals surface area contributed by atoms with Gasteiger partial charge in [0.25, 0.3) is 5.69 Å². The summed E-state index contributed by atoms with van der Waals surface area (Å²) in [7, 11) is 0. The number of aromatic nitrogens is 4. The first-order valence-electron chi connectivity index (χ1n) is 10.3. The summed E-state index contributed by atoms with van der Waals surface area (Å²) < 4.78 is 1.47. The summed E-state index contributed by atoms with van der Waals surface area (Å²) in [5.74, 6) is 0.669. The standard InChI is InChI=1S/C21H22N8O4/c1-14-16(13-30)12-28(25-14)20-5-6-22-21(24-20)23-17-3-4-18(19(11-17)29(32)33)27-9-7-26(8-10-27)15(2)31/h3-6,11-13H,7-10H2,1-2H3,(H,22,23,24). The fraction of sp³-hybridized carbons (Fsp3) is 0.286. The van der Waals surface area contributed by atoms with Gasteiger partial charge in [-0.3, -0.25) is 19.7 Å². The highest BCUT2D eigenvalue weighted by Gasteiger charge is 2.25. The lowest BCUT2D eigenvalue weighted by molar-refractivity contribution is -0.384. The molecular formula is C21H22N8O4. The zero-order valence-electron chi connectivity index (χ0n) is 18.1. The number of nitro groups is 1. The van der Waals surface area contributed by atoms with E-state index in [9.17, 15) is 19.7 Å². The lowest BCUT2D eigenvalue weighted by atomic mass is 10.2. The van der Waals surface area contributed by atoms with Crippen LogP contribution >= 0.6 is 0 Å². The number of amides is 1. The van der Waals surface area contributed by atoms with Crippen molar-refractivity contribution in [3.8, 4) is 5.82 Å². The number of nitrogens with one attached hydrogen (secondary N) is 1. The molecule has 1 amide bonds. The van der Waals surface area contributed by atoms with E-state index in [-0.39, 0.29) is 17.5 Å². The van der Waals surface area contributed by atoms with Gasteiger partial charge in [0.1, 0.15) is 5.69 Å². The van der Waals surface area contributed by atoms with E-state index in [1.165, 1.54) is 23.9 Å². The second-order valence-electron chi connectivity index (χ2n) is 7.55. The summed E-state index contributed by atoms with van der Waals surface area (Å²) in [5.41, 5.74) is 1.93. The average molecular weight is 450 g/mol. The van der Waals surface area contributed by atoms with Crippen molar-refractivity contribution in [3.05, 3.63) is 58.0 Å². The molecule has 3 heterocycles. The van der Waals surface area contributed by atoms with Gasteiger partial charge in [-0.15, -0.1) is 0 Å². The maximum absolute atomic E-state index is 11.8. The van der Waals surface area contributed by atoms with Gasteiger partial charge in [-0.1, -0.05) is 0 Å². The highest BCUT2D eigenvalue weighted by molar-refractivity contribution is 5.76. The van der Waals surface area contributed by atoms with Crippen molar-refractivity contribution in [2.75, 3.05) is 36.4 Å². The van der Waals surface area contributed by atoms with Crippen LogP contribution in [0.4, 0.5) is 23.0 Å². The Morgan fingerprint density at radius 2 is 1.97 bits per heavy atom. The molecule has 1 N–H and O–H groups in total. The van der Waals surface area contributed by atoms with Crippen molar-refractivity contribution in [3.63, 3.8) is 0 Å². The Kier molecular flexibility index (Phi) is 5.98. The van der Waals surface area contributed by atoms with Crippen LogP contribution in [0.5, 0.6) is 0 Å². The lowest BCUT2D eigenvalue weighted by Crippen LogP contribution is -2.48. The van der Waals surface area contributed by atoms with Crippen molar-refractivity contribution in [2.45, 2.75) is 13.8 Å². The number of piperazine rings is 1. The van der Waals surface area contributed by atoms with Crippen LogP contribution in [0.3, 0.4) is 0 Å². The Hall–Kier alpha value is -4.35. The van der Waals surface area contributed by atoms with E-state index in [4.69, 9.17) is 0 Å². The van der Waals surface area contributed by atoms with Crippen LogP contribution in [0, 0.1) is 17.0 Å². The number of nitrogens with zero attached hydrogens (tertiary/aromatic N) is 7. The lowest BCUT2D eigenvalue weighted by Gasteiger charge is -2.35. The molecule has 0 spiro atoms. The molecule has 0 saturated carbocycles. The molecule has 170 valence electrons. The minimum atomic E-state index is -0.428. The molecule has 0 unspecified atom stereocenters. The largest absolute Gasteiger partial charge is 0.362 e. The van der Waals surface area contributed by atoms with Crippen LogP contribution in [0.2, 0.25) is 0 Å². The Balaban J connectivity index is 1.55. The zero-order chi connectivity index (χ0) is 23.5. The molecule has 0 atom stereocenters. The van der Waals surface area contributed by atoms with Gasteiger partial charge in [-0.05, 0) is 19.1 Å². The normalized spacial score (nSPS) is 13.6. The fourth-order valence-electron chi connectivity index (χ4n) is 3.65. The van der Waals surface area contributed by atoms with Gasteiger partial charge in [0, 0.05) is 63.3 Å². The number of nitro benzene ring substituents is 1. The second-order valence-corrected chi connectivity index (χ2v) is 7.55. The van der Waals surface area contributed by atoms with Gasteiger partial charge in [-0.25, -0.2) is 9.67 Å². The van der Waals surface area contributed by atoms with Crippen molar-refractivity contribution in [1.29, 1.82) is 0 Å². The SMILES string of the molecule is CC(=O)N1CCN(c2ccc(Nc3nccc(-n4cc(C=O)c(C)n4)n3)cc2[N+](=O)[O-])CC1. The van der Waals surface area contributed by atoms with Gasteiger partial charge >= 0.3 is 0 Å². The van der Waals surface area contributed by atoms with E-state index in [1.807, 2.05) is 4.90 Å². The van der Waals surface area contributed by atoms with E-state index in [0.29, 0.717) is 54.6 Å². The van der Waals surface area contributed by atoms with E-state index in [2.05, 4.69) is 20.4 Å². The predicted octanol–water partition coefficient (Wildman–Crippen LogP) is 2.10. The number of hydrogen-bond donors (Lipinski definition) is 1. The predicted molar refractivity (Wildman–Crippen MR) is 120 cm³/mol. The number of rotatable bonds is 6. The highest BCUT2D eigenvalue weighted by atomic mass is 16.6. The van der Waals surface area contributed by atoms with Crippen LogP contribution in [-0.2, 0) is 4.79 Å². The first-order valence-corrected chi connectivity index (χ1v) is 10.3. The molecule has 12 nitrogen and oxygen atoms in total. The molecule has 0 aliphatic carbocycles. The van der Waals surface area contributed by atoms with E-state index in [1.54, 1.807) is 36.2 Å². The average Bonchev–Trinajstić information content (AvgIpc) is 3.20. The maximum Gasteiger partial charge on any atom is 0.294 e. The molecule has 1 aliphatic heterocycles. The Labute approximate surface area is 189 Å². The highest BCUT2D eigenvalue weighted by Crippen LogP contribution is 2.32. The van der Waals surface area contributed by atoms with E-state index in [0.717, 1.165) is 6.29 Å². The van der Waals surface area contributed by atoms with Crippen molar-refractivity contribution < 1.29 is 14.5 Å². The number of aryl methyl sites for hydroxylation is 1. The van der Waals surface area contributed by atoms with E-state index >= 15 is 0 Å². The summed E-state index contributed by atoms with van der Waals surface area (Å²) in [5, 5.41) is 19.0. The quantitative estimate of drug-likeness (QED) is 0.340. The first-order chi connectivity index (χ1) is 15.9. The van der Waals surface area contributed by atoms with E-state index < -0.39 is 4.92 Å². The first kappa shape index (κ1) is 21.9. The zero-order valence-corrected chi connectivity index (χ0v) is 18.1. The summed E-state index contributed by atoms with van der Waals surface area (Å²) in [6, 6.07) is 6.48. The molecule has 0 bridgehead atoms. The Bertz CT molecular complexity index is 1220. The van der Waals surface area contributed by atoms with Crippen LogP contribution in [0.15, 0.2) is 36.7 Å². The van der Waals surface area contributed by atoms with Crippen molar-refractivity contribution >= 4 is 35.2 Å². The summed E-state index contributed by atoms with van der Waals surface area (Å²) in [6.45, 7) is 5.32. The monoisotopic (exact) mass is 450 g/mol. The van der Waals surface area contributed by atoms with Gasteiger partial charge < -0.3 is 15.1 Å². The van der Waals surface area contributed by atoms with Gasteiger partial charge in [0.15, 0.2) is 12.1 Å². The third-order valence-corrected chi connectivity index (χ3v) is 5.43. The molecule has 4 rings (SSSR count). The summed E-state index contributed by atoms with van der Waals surface area (Å²) >= 11 is 0. The molecule has 1 aromatic carbocycles. The molecular weight excluding hydrogens is 428 g/mol. The number of carbonyl (C=O) groups excluding carboxylic acids is 2. The second kappa shape index (κ2) is 9.02. The maximum atomic E-state index is 11.8. The van der Waals surface area contributed by atoms with Crippen molar-refractivity contribution in [2.24, 2.45) is 0 Å². The molecule has 12 heteroatoms. The molecule has 0 radical (unpaired) electrons. The van der Waals surface area contributed by atoms with Crippen LogP contribution in [-0.4, -0.2) is 67.9 Å². The molecule has 3 aromatic rings. The molecule has 1 saturated heterocycles. The molecule has 33 heavy (non-hydrogen) atoms. The summed E-state index contributed by atoms with van der Waals surface area (Å²) in [4.78, 5) is 46.1. The third kappa shape index (κ3) is 4.63. The van der Waals surface area contributed by atoms with Crippen LogP contribution < -0.4 is 10.2 Å². The van der Waals surface area contributed by atoms with Gasteiger partial charge in [0.2, 0.25) is 11.9 Å². The minimum absolute atomic E-state index is 0.00131. The summed E-state index contributed by atoms with van der Waals surface area (Å²) in [6.07, 6.45) is 3.82. The number of aldehydes is 1. The van der Waals surface area contributed by atoms with Gasteiger partial charge in [-0.2, -0.15) is 10.1 Å². The van der Waals surface area contributed by atoms with Crippen molar-refractivity contribution in [1.82, 2.24) is 24.6 Å². The number of benzene rings is 1. The Morgan fingerprint density at radius 1 is 1.21 bits per heavy atom. The molecule has 1 aliphatic rings.